The van der Waals surface area contributed by atoms with Gasteiger partial charge in [0.2, 0.25) is 0 Å². The summed E-state index contributed by atoms with van der Waals surface area (Å²) in [6.07, 6.45) is 0.327. The molecule has 0 aliphatic rings. The van der Waals surface area contributed by atoms with Crippen molar-refractivity contribution < 1.29 is 14.8 Å². The number of nitrogens with two attached hydrogens (primary N) is 1. The zero-order valence-electron chi connectivity index (χ0n) is 7.51. The lowest BCUT2D eigenvalue weighted by atomic mass is 10.1. The number of carboxylic acids is 1. The summed E-state index contributed by atoms with van der Waals surface area (Å²) in [5.74, 6) is 3.75. The molecule has 0 amide bonds. The summed E-state index contributed by atoms with van der Waals surface area (Å²) < 4.78 is 0. The number of carbonyl (C=O) groups is 1. The van der Waals surface area contributed by atoms with Crippen molar-refractivity contribution in [2.75, 3.05) is 0 Å². The van der Waals surface area contributed by atoms with Gasteiger partial charge >= 0.3 is 5.97 Å². The fourth-order valence-electron chi connectivity index (χ4n) is 1.11. The zero-order chi connectivity index (χ0) is 10.4. The van der Waals surface area contributed by atoms with Crippen molar-refractivity contribution in [1.82, 2.24) is 5.48 Å². The first-order valence-corrected chi connectivity index (χ1v) is 4.12. The lowest BCUT2D eigenvalue weighted by molar-refractivity contribution is -0.144. The van der Waals surface area contributed by atoms with E-state index in [0.29, 0.717) is 6.42 Å². The summed E-state index contributed by atoms with van der Waals surface area (Å²) in [7, 11) is 0. The Bertz CT molecular complexity index is 289. The van der Waals surface area contributed by atoms with Crippen molar-refractivity contribution in [3.63, 3.8) is 0 Å². The molecule has 0 unspecified atom stereocenters. The molecule has 0 bridgehead atoms. The minimum absolute atomic E-state index is 0.327. The van der Waals surface area contributed by atoms with Crippen LogP contribution in [0.15, 0.2) is 30.3 Å². The Labute approximate surface area is 81.4 Å². The van der Waals surface area contributed by atoms with Crippen LogP contribution in [0.3, 0.4) is 0 Å². The molecule has 0 radical (unpaired) electrons. The Hall–Kier alpha value is -1.43. The molecule has 0 saturated carbocycles. The molecule has 0 heterocycles. The molecule has 14 heavy (non-hydrogen) atoms. The Morgan fingerprint density at radius 3 is 2.64 bits per heavy atom. The molecular weight excluding hydrogens is 184 g/mol. The lowest BCUT2D eigenvalue weighted by Crippen LogP contribution is -2.40. The molecule has 5 nitrogen and oxygen atoms in total. The van der Waals surface area contributed by atoms with Crippen LogP contribution in [0.2, 0.25) is 0 Å². The molecule has 1 aromatic carbocycles. The second kappa shape index (κ2) is 5.33. The molecule has 0 saturated heterocycles. The van der Waals surface area contributed by atoms with E-state index in [9.17, 15) is 4.79 Å². The minimum atomic E-state index is -1.00. The van der Waals surface area contributed by atoms with E-state index in [4.69, 9.17) is 11.0 Å². The van der Waals surface area contributed by atoms with Gasteiger partial charge in [0, 0.05) is 6.42 Å². The van der Waals surface area contributed by atoms with Crippen molar-refractivity contribution in [3.05, 3.63) is 35.9 Å². The summed E-state index contributed by atoms with van der Waals surface area (Å²) in [5.41, 5.74) is 3.12. The van der Waals surface area contributed by atoms with Crippen molar-refractivity contribution >= 4 is 5.97 Å². The van der Waals surface area contributed by atoms with E-state index in [1.807, 2.05) is 30.3 Å². The van der Waals surface area contributed by atoms with E-state index >= 15 is 0 Å². The first-order chi connectivity index (χ1) is 6.74. The van der Waals surface area contributed by atoms with Crippen LogP contribution in [0.4, 0.5) is 0 Å². The average Bonchev–Trinajstić information content (AvgIpc) is 2.18. The van der Waals surface area contributed by atoms with Crippen LogP contribution < -0.4 is 11.4 Å². The summed E-state index contributed by atoms with van der Waals surface area (Å²) >= 11 is 0. The Morgan fingerprint density at radius 2 is 2.14 bits per heavy atom. The van der Waals surface area contributed by atoms with Gasteiger partial charge in [0.15, 0.2) is 0 Å². The van der Waals surface area contributed by atoms with Gasteiger partial charge in [-0.25, -0.2) is 4.94 Å². The molecule has 76 valence electrons. The van der Waals surface area contributed by atoms with E-state index in [-0.39, 0.29) is 0 Å². The van der Waals surface area contributed by atoms with Crippen molar-refractivity contribution in [2.24, 2.45) is 5.90 Å². The molecule has 0 spiro atoms. The summed E-state index contributed by atoms with van der Waals surface area (Å²) in [6, 6.07) is 8.41. The number of benzene rings is 1. The van der Waals surface area contributed by atoms with Gasteiger partial charge in [-0.1, -0.05) is 30.3 Å². The van der Waals surface area contributed by atoms with Gasteiger partial charge in [-0.15, -0.1) is 0 Å². The van der Waals surface area contributed by atoms with E-state index < -0.39 is 12.0 Å². The number of hydroxylamine groups is 1. The highest BCUT2D eigenvalue weighted by Gasteiger charge is 2.17. The number of hydrogen-bond donors (Lipinski definition) is 3. The average molecular weight is 196 g/mol. The SMILES string of the molecule is NON[C@@H](Cc1ccccc1)C(=O)O. The van der Waals surface area contributed by atoms with E-state index in [1.54, 1.807) is 0 Å². The molecule has 1 rings (SSSR count). The number of hydrogen-bond acceptors (Lipinski definition) is 4. The third-order valence-corrected chi connectivity index (χ3v) is 1.79. The normalized spacial score (nSPS) is 12.4. The summed E-state index contributed by atoms with van der Waals surface area (Å²) in [5, 5.41) is 8.77. The lowest BCUT2D eigenvalue weighted by Gasteiger charge is -2.11. The smallest absolute Gasteiger partial charge is 0.323 e. The largest absolute Gasteiger partial charge is 0.480 e. The van der Waals surface area contributed by atoms with Gasteiger partial charge in [-0.05, 0) is 5.56 Å². The fourth-order valence-corrected chi connectivity index (χ4v) is 1.11. The van der Waals surface area contributed by atoms with Crippen LogP contribution in [-0.2, 0) is 16.2 Å². The molecule has 0 aliphatic carbocycles. The molecule has 0 fully saturated rings. The third kappa shape index (κ3) is 3.14. The molecule has 0 aromatic heterocycles. The predicted molar refractivity (Wildman–Crippen MR) is 50.0 cm³/mol. The van der Waals surface area contributed by atoms with Crippen molar-refractivity contribution in [2.45, 2.75) is 12.5 Å². The Balaban J connectivity index is 2.60. The van der Waals surface area contributed by atoms with Gasteiger partial charge in [-0.2, -0.15) is 11.4 Å². The van der Waals surface area contributed by atoms with Crippen LogP contribution in [0.5, 0.6) is 0 Å². The molecule has 1 atom stereocenters. The topological polar surface area (TPSA) is 84.6 Å². The number of rotatable bonds is 5. The standard InChI is InChI=1S/C9H12N2O3/c10-14-11-8(9(12)13)6-7-4-2-1-3-5-7/h1-5,8,11H,6,10H2,(H,12,13)/t8-/m0/s1. The molecule has 5 heteroatoms. The molecule has 4 N–H and O–H groups in total. The van der Waals surface area contributed by atoms with E-state index in [2.05, 4.69) is 10.4 Å². The van der Waals surface area contributed by atoms with Gasteiger partial charge in [-0.3, -0.25) is 4.79 Å². The fraction of sp³-hybridized carbons (Fsp3) is 0.222. The third-order valence-electron chi connectivity index (χ3n) is 1.79. The summed E-state index contributed by atoms with van der Waals surface area (Å²) in [6.45, 7) is 0. The monoisotopic (exact) mass is 196 g/mol. The van der Waals surface area contributed by atoms with E-state index in [0.717, 1.165) is 5.56 Å². The van der Waals surface area contributed by atoms with Crippen LogP contribution in [0.1, 0.15) is 5.56 Å². The second-order valence-electron chi connectivity index (χ2n) is 2.82. The van der Waals surface area contributed by atoms with Gasteiger partial charge in [0.05, 0.1) is 0 Å². The van der Waals surface area contributed by atoms with Gasteiger partial charge in [0.1, 0.15) is 6.04 Å². The highest BCUT2D eigenvalue weighted by Crippen LogP contribution is 2.02. The maximum Gasteiger partial charge on any atom is 0.323 e. The number of carboxylic acid groups (broad SMARTS) is 1. The molecule has 0 aliphatic heterocycles. The molecule has 1 aromatic rings. The van der Waals surface area contributed by atoms with Crippen LogP contribution in [0, 0.1) is 0 Å². The quantitative estimate of drug-likeness (QED) is 0.581. The van der Waals surface area contributed by atoms with Gasteiger partial charge in [0.25, 0.3) is 0 Å². The van der Waals surface area contributed by atoms with Crippen LogP contribution >= 0.6 is 0 Å². The van der Waals surface area contributed by atoms with Crippen LogP contribution in [-0.4, -0.2) is 17.1 Å². The van der Waals surface area contributed by atoms with Crippen LogP contribution in [0.25, 0.3) is 0 Å². The first-order valence-electron chi connectivity index (χ1n) is 4.12. The zero-order valence-corrected chi connectivity index (χ0v) is 7.51. The van der Waals surface area contributed by atoms with Crippen molar-refractivity contribution in [1.29, 1.82) is 0 Å². The number of nitrogens with one attached hydrogen (secondary N) is 1. The van der Waals surface area contributed by atoms with Gasteiger partial charge < -0.3 is 5.11 Å². The predicted octanol–water partition coefficient (Wildman–Crippen LogP) is 0.0772. The number of aliphatic carboxylic acids is 1. The maximum atomic E-state index is 10.7. The molecular formula is C9H12N2O3. The van der Waals surface area contributed by atoms with E-state index in [1.165, 1.54) is 0 Å². The second-order valence-corrected chi connectivity index (χ2v) is 2.82. The Kier molecular flexibility index (Phi) is 4.06. The minimum Gasteiger partial charge on any atom is -0.480 e. The van der Waals surface area contributed by atoms with Crippen molar-refractivity contribution in [3.8, 4) is 0 Å². The highest BCUT2D eigenvalue weighted by atomic mass is 16.8. The summed E-state index contributed by atoms with van der Waals surface area (Å²) in [4.78, 5) is 14.8. The first kappa shape index (κ1) is 10.6. The maximum absolute atomic E-state index is 10.7. The highest BCUT2D eigenvalue weighted by molar-refractivity contribution is 5.73. The Morgan fingerprint density at radius 1 is 1.50 bits per heavy atom.